The molecule has 1 aliphatic heterocycles. The summed E-state index contributed by atoms with van der Waals surface area (Å²) < 4.78 is 10.8. The quantitative estimate of drug-likeness (QED) is 0.728. The summed E-state index contributed by atoms with van der Waals surface area (Å²) in [7, 11) is 0. The number of para-hydroxylation sites is 2. The molecular weight excluding hydrogens is 370 g/mol. The van der Waals surface area contributed by atoms with Gasteiger partial charge in [-0.3, -0.25) is 0 Å². The van der Waals surface area contributed by atoms with Gasteiger partial charge in [0, 0.05) is 25.2 Å². The van der Waals surface area contributed by atoms with Gasteiger partial charge in [0.05, 0.1) is 18.9 Å². The zero-order chi connectivity index (χ0) is 20.6. The smallest absolute Gasteiger partial charge is 0.409 e. The highest BCUT2D eigenvalue weighted by Gasteiger charge is 2.23. The Kier molecular flexibility index (Phi) is 7.10. The maximum atomic E-state index is 11.8. The molecule has 2 N–H and O–H groups in total. The highest BCUT2D eigenvalue weighted by atomic mass is 16.6. The Labute approximate surface area is 171 Å². The molecule has 1 aliphatic rings. The number of amides is 1. The number of nitrogens with zero attached hydrogens (tertiary/aromatic N) is 3. The van der Waals surface area contributed by atoms with E-state index in [1.165, 1.54) is 0 Å². The van der Waals surface area contributed by atoms with Gasteiger partial charge >= 0.3 is 6.09 Å². The van der Waals surface area contributed by atoms with Gasteiger partial charge in [-0.25, -0.2) is 14.8 Å². The first-order chi connectivity index (χ1) is 14.1. The number of aromatic nitrogens is 2. The van der Waals surface area contributed by atoms with Gasteiger partial charge in [-0.2, -0.15) is 0 Å². The molecule has 0 radical (unpaired) electrons. The van der Waals surface area contributed by atoms with Gasteiger partial charge in [0.25, 0.3) is 0 Å². The average Bonchev–Trinajstić information content (AvgIpc) is 2.70. The molecule has 2 aromatic rings. The first kappa shape index (κ1) is 20.7. The highest BCUT2D eigenvalue weighted by Crippen LogP contribution is 2.27. The van der Waals surface area contributed by atoms with E-state index < -0.39 is 0 Å². The van der Waals surface area contributed by atoms with E-state index in [4.69, 9.17) is 9.47 Å². The van der Waals surface area contributed by atoms with Crippen LogP contribution in [-0.4, -0.2) is 53.3 Å². The number of piperidine rings is 1. The molecule has 1 fully saturated rings. The molecule has 8 nitrogen and oxygen atoms in total. The summed E-state index contributed by atoms with van der Waals surface area (Å²) in [4.78, 5) is 22.6. The van der Waals surface area contributed by atoms with Crippen LogP contribution < -0.4 is 15.4 Å². The van der Waals surface area contributed by atoms with E-state index in [9.17, 15) is 4.79 Å². The number of rotatable bonds is 7. The fourth-order valence-corrected chi connectivity index (χ4v) is 3.33. The standard InChI is InChI=1S/C21H29N5O3/c1-4-28-18-9-7-6-8-17(18)25-20-14-19(22-15(3)23-20)24-16-10-12-26(13-11-16)21(27)29-5-2/h6-9,14,16H,4-5,10-13H2,1-3H3,(H2,22,23,24,25). The lowest BCUT2D eigenvalue weighted by Gasteiger charge is -2.31. The molecule has 1 aromatic carbocycles. The van der Waals surface area contributed by atoms with Crippen molar-refractivity contribution in [3.05, 3.63) is 36.2 Å². The zero-order valence-corrected chi connectivity index (χ0v) is 17.3. The molecule has 0 unspecified atom stereocenters. The average molecular weight is 399 g/mol. The number of hydrogen-bond acceptors (Lipinski definition) is 7. The number of likely N-dealkylation sites (tertiary alicyclic amines) is 1. The lowest BCUT2D eigenvalue weighted by atomic mass is 10.1. The molecule has 0 saturated carbocycles. The number of nitrogens with one attached hydrogen (secondary N) is 2. The molecule has 0 atom stereocenters. The molecule has 29 heavy (non-hydrogen) atoms. The number of carbonyl (C=O) groups is 1. The minimum atomic E-state index is -0.233. The van der Waals surface area contributed by atoms with Gasteiger partial charge in [-0.15, -0.1) is 0 Å². The van der Waals surface area contributed by atoms with Crippen LogP contribution in [-0.2, 0) is 4.74 Å². The van der Waals surface area contributed by atoms with E-state index in [1.54, 1.807) is 4.90 Å². The Morgan fingerprint density at radius 2 is 1.86 bits per heavy atom. The molecule has 1 saturated heterocycles. The largest absolute Gasteiger partial charge is 0.492 e. The number of hydrogen-bond donors (Lipinski definition) is 2. The topological polar surface area (TPSA) is 88.6 Å². The van der Waals surface area contributed by atoms with Crippen LogP contribution in [0.4, 0.5) is 22.1 Å². The summed E-state index contributed by atoms with van der Waals surface area (Å²) in [5, 5.41) is 6.80. The van der Waals surface area contributed by atoms with Crippen LogP contribution in [0.5, 0.6) is 5.75 Å². The third-order valence-corrected chi connectivity index (χ3v) is 4.66. The summed E-state index contributed by atoms with van der Waals surface area (Å²) in [5.41, 5.74) is 0.862. The van der Waals surface area contributed by atoms with Crippen molar-refractivity contribution in [1.29, 1.82) is 0 Å². The molecule has 156 valence electrons. The normalized spacial score (nSPS) is 14.4. The molecule has 0 aliphatic carbocycles. The summed E-state index contributed by atoms with van der Waals surface area (Å²) in [6.07, 6.45) is 1.46. The molecule has 0 spiro atoms. The first-order valence-electron chi connectivity index (χ1n) is 10.1. The third-order valence-electron chi connectivity index (χ3n) is 4.66. The van der Waals surface area contributed by atoms with Gasteiger partial charge in [-0.05, 0) is 45.7 Å². The van der Waals surface area contributed by atoms with E-state index in [0.29, 0.717) is 37.9 Å². The van der Waals surface area contributed by atoms with E-state index in [0.717, 1.165) is 30.1 Å². The minimum Gasteiger partial charge on any atom is -0.492 e. The Balaban J connectivity index is 1.64. The predicted molar refractivity (Wildman–Crippen MR) is 113 cm³/mol. The highest BCUT2D eigenvalue weighted by molar-refractivity contribution is 5.68. The maximum Gasteiger partial charge on any atom is 0.409 e. The van der Waals surface area contributed by atoms with Crippen molar-refractivity contribution < 1.29 is 14.3 Å². The summed E-state index contributed by atoms with van der Waals surface area (Å²) in [6.45, 7) is 8.00. The van der Waals surface area contributed by atoms with Crippen LogP contribution in [0.2, 0.25) is 0 Å². The second-order valence-electron chi connectivity index (χ2n) is 6.84. The lowest BCUT2D eigenvalue weighted by Crippen LogP contribution is -2.42. The minimum absolute atomic E-state index is 0.233. The third kappa shape index (κ3) is 5.73. The van der Waals surface area contributed by atoms with Gasteiger partial charge in [0.15, 0.2) is 0 Å². The molecule has 1 amide bonds. The van der Waals surface area contributed by atoms with Crippen molar-refractivity contribution in [2.24, 2.45) is 0 Å². The SMILES string of the molecule is CCOC(=O)N1CCC(Nc2cc(Nc3ccccc3OCC)nc(C)n2)CC1. The van der Waals surface area contributed by atoms with Crippen LogP contribution >= 0.6 is 0 Å². The van der Waals surface area contributed by atoms with Crippen molar-refractivity contribution in [2.75, 3.05) is 36.9 Å². The molecular formula is C21H29N5O3. The Morgan fingerprint density at radius 1 is 1.14 bits per heavy atom. The molecule has 1 aromatic heterocycles. The number of aryl methyl sites for hydroxylation is 1. The summed E-state index contributed by atoms with van der Waals surface area (Å²) >= 11 is 0. The Bertz CT molecular complexity index is 822. The van der Waals surface area contributed by atoms with Crippen LogP contribution in [0.25, 0.3) is 0 Å². The van der Waals surface area contributed by atoms with Crippen molar-refractivity contribution >= 4 is 23.4 Å². The van der Waals surface area contributed by atoms with Crippen LogP contribution in [0.3, 0.4) is 0 Å². The van der Waals surface area contributed by atoms with Crippen molar-refractivity contribution in [3.8, 4) is 5.75 Å². The van der Waals surface area contributed by atoms with E-state index >= 15 is 0 Å². The van der Waals surface area contributed by atoms with Crippen LogP contribution in [0.1, 0.15) is 32.5 Å². The number of carbonyl (C=O) groups excluding carboxylic acids is 1. The zero-order valence-electron chi connectivity index (χ0n) is 17.3. The molecule has 3 rings (SSSR count). The summed E-state index contributed by atoms with van der Waals surface area (Å²) in [6, 6.07) is 9.93. The second kappa shape index (κ2) is 9.95. The molecule has 2 heterocycles. The predicted octanol–water partition coefficient (Wildman–Crippen LogP) is 3.96. The number of anilines is 3. The van der Waals surface area contributed by atoms with Crippen molar-refractivity contribution in [1.82, 2.24) is 14.9 Å². The number of ether oxygens (including phenoxy) is 2. The fraction of sp³-hybridized carbons (Fsp3) is 0.476. The summed E-state index contributed by atoms with van der Waals surface area (Å²) in [5.74, 6) is 2.93. The van der Waals surface area contributed by atoms with Crippen LogP contribution in [0.15, 0.2) is 30.3 Å². The Hall–Kier alpha value is -3.03. The van der Waals surface area contributed by atoms with Crippen molar-refractivity contribution in [2.45, 2.75) is 39.7 Å². The van der Waals surface area contributed by atoms with Gasteiger partial charge in [0.1, 0.15) is 23.2 Å². The van der Waals surface area contributed by atoms with Gasteiger partial charge in [-0.1, -0.05) is 12.1 Å². The van der Waals surface area contributed by atoms with Crippen LogP contribution in [0, 0.1) is 6.92 Å². The second-order valence-corrected chi connectivity index (χ2v) is 6.84. The fourth-order valence-electron chi connectivity index (χ4n) is 3.33. The van der Waals surface area contributed by atoms with E-state index in [2.05, 4.69) is 20.6 Å². The van der Waals surface area contributed by atoms with E-state index in [1.807, 2.05) is 51.1 Å². The van der Waals surface area contributed by atoms with Gasteiger partial charge in [0.2, 0.25) is 0 Å². The molecule has 0 bridgehead atoms. The Morgan fingerprint density at radius 3 is 2.59 bits per heavy atom. The maximum absolute atomic E-state index is 11.8. The lowest BCUT2D eigenvalue weighted by molar-refractivity contribution is 0.0983. The van der Waals surface area contributed by atoms with E-state index in [-0.39, 0.29) is 12.1 Å². The van der Waals surface area contributed by atoms with Crippen molar-refractivity contribution in [3.63, 3.8) is 0 Å². The first-order valence-corrected chi connectivity index (χ1v) is 10.1. The van der Waals surface area contributed by atoms with Gasteiger partial charge < -0.3 is 25.0 Å². The number of benzene rings is 1. The monoisotopic (exact) mass is 399 g/mol. The molecule has 8 heteroatoms.